The molecule has 2 unspecified atom stereocenters. The van der Waals surface area contributed by atoms with Crippen molar-refractivity contribution in [2.75, 3.05) is 12.3 Å². The molecule has 1 saturated heterocycles. The van der Waals surface area contributed by atoms with Gasteiger partial charge in [-0.2, -0.15) is 0 Å². The van der Waals surface area contributed by atoms with Gasteiger partial charge in [0.15, 0.2) is 0 Å². The molecule has 3 N–H and O–H groups in total. The molecule has 0 bridgehead atoms. The molecule has 1 aromatic rings. The summed E-state index contributed by atoms with van der Waals surface area (Å²) in [5.74, 6) is 0.252. The van der Waals surface area contributed by atoms with Crippen molar-refractivity contribution in [1.82, 2.24) is 9.97 Å². The van der Waals surface area contributed by atoms with Crippen LogP contribution in [0.1, 0.15) is 18.1 Å². The average molecular weight is 181 g/mol. The van der Waals surface area contributed by atoms with Crippen LogP contribution >= 0.6 is 0 Å². The maximum absolute atomic E-state index is 9.22. The van der Waals surface area contributed by atoms with Crippen molar-refractivity contribution in [3.8, 4) is 0 Å². The van der Waals surface area contributed by atoms with Crippen molar-refractivity contribution in [2.45, 2.75) is 18.6 Å². The summed E-state index contributed by atoms with van der Waals surface area (Å²) in [5, 5.41) is 9.22. The van der Waals surface area contributed by atoms with Gasteiger partial charge in [0.1, 0.15) is 0 Å². The molecule has 5 nitrogen and oxygen atoms in total. The van der Waals surface area contributed by atoms with Crippen molar-refractivity contribution in [2.24, 2.45) is 0 Å². The Labute approximate surface area is 75.6 Å². The van der Waals surface area contributed by atoms with E-state index in [1.165, 1.54) is 0 Å². The lowest BCUT2D eigenvalue weighted by atomic mass is 10.1. The monoisotopic (exact) mass is 181 g/mol. The maximum Gasteiger partial charge on any atom is 0.219 e. The Hall–Kier alpha value is -1.20. The lowest BCUT2D eigenvalue weighted by Gasteiger charge is -2.07. The van der Waals surface area contributed by atoms with Crippen molar-refractivity contribution >= 4 is 5.95 Å². The van der Waals surface area contributed by atoms with Crippen LogP contribution in [0.4, 0.5) is 5.95 Å². The molecule has 5 heteroatoms. The third kappa shape index (κ3) is 1.76. The van der Waals surface area contributed by atoms with E-state index >= 15 is 0 Å². The van der Waals surface area contributed by atoms with E-state index in [1.807, 2.05) is 0 Å². The molecule has 2 heterocycles. The molecular weight excluding hydrogens is 170 g/mol. The van der Waals surface area contributed by atoms with Crippen LogP contribution in [-0.2, 0) is 4.74 Å². The second kappa shape index (κ2) is 3.27. The first-order valence-corrected chi connectivity index (χ1v) is 4.13. The van der Waals surface area contributed by atoms with Crippen LogP contribution in [-0.4, -0.2) is 27.8 Å². The zero-order chi connectivity index (χ0) is 9.26. The van der Waals surface area contributed by atoms with Gasteiger partial charge in [-0.3, -0.25) is 0 Å². The number of ether oxygens (including phenoxy) is 1. The first kappa shape index (κ1) is 8.40. The predicted octanol–water partition coefficient (Wildman–Crippen LogP) is -0.119. The van der Waals surface area contributed by atoms with Gasteiger partial charge in [-0.25, -0.2) is 9.97 Å². The minimum absolute atomic E-state index is 0.0874. The highest BCUT2D eigenvalue weighted by Crippen LogP contribution is 2.27. The summed E-state index contributed by atoms with van der Waals surface area (Å²) in [4.78, 5) is 7.71. The number of nitrogens with two attached hydrogens (primary N) is 1. The smallest absolute Gasteiger partial charge is 0.219 e. The van der Waals surface area contributed by atoms with Gasteiger partial charge >= 0.3 is 0 Å². The van der Waals surface area contributed by atoms with Gasteiger partial charge in [-0.05, 0) is 0 Å². The third-order valence-electron chi connectivity index (χ3n) is 2.04. The molecule has 70 valence electrons. The summed E-state index contributed by atoms with van der Waals surface area (Å²) in [6.07, 6.45) is 3.40. The Balaban J connectivity index is 2.13. The number of nitrogens with zero attached hydrogens (tertiary/aromatic N) is 2. The second-order valence-corrected chi connectivity index (χ2v) is 3.09. The standard InChI is InChI=1S/C8H11N3O2/c9-8-10-2-5(3-11-8)7-1-6(12)4-13-7/h2-3,6-7,12H,1,4H2,(H2,9,10,11). The van der Waals surface area contributed by atoms with Crippen molar-refractivity contribution < 1.29 is 9.84 Å². The average Bonchev–Trinajstić information content (AvgIpc) is 2.53. The molecule has 0 aromatic carbocycles. The zero-order valence-corrected chi connectivity index (χ0v) is 7.05. The highest BCUT2D eigenvalue weighted by Gasteiger charge is 2.25. The van der Waals surface area contributed by atoms with Crippen LogP contribution in [0.3, 0.4) is 0 Å². The number of aromatic nitrogens is 2. The van der Waals surface area contributed by atoms with Crippen LogP contribution in [0.5, 0.6) is 0 Å². The normalized spacial score (nSPS) is 27.8. The molecule has 2 atom stereocenters. The fraction of sp³-hybridized carbons (Fsp3) is 0.500. The van der Waals surface area contributed by atoms with Crippen molar-refractivity contribution in [3.63, 3.8) is 0 Å². The minimum atomic E-state index is -0.373. The summed E-state index contributed by atoms with van der Waals surface area (Å²) >= 11 is 0. The van der Waals surface area contributed by atoms with E-state index < -0.39 is 0 Å². The fourth-order valence-corrected chi connectivity index (χ4v) is 1.36. The van der Waals surface area contributed by atoms with Gasteiger partial charge in [0.25, 0.3) is 0 Å². The van der Waals surface area contributed by atoms with Crippen LogP contribution in [0.2, 0.25) is 0 Å². The summed E-state index contributed by atoms with van der Waals surface area (Å²) in [6, 6.07) is 0. The van der Waals surface area contributed by atoms with Gasteiger partial charge in [0.2, 0.25) is 5.95 Å². The Morgan fingerprint density at radius 1 is 1.46 bits per heavy atom. The van der Waals surface area contributed by atoms with E-state index in [-0.39, 0.29) is 18.2 Å². The Kier molecular flexibility index (Phi) is 2.12. The largest absolute Gasteiger partial charge is 0.391 e. The zero-order valence-electron chi connectivity index (χ0n) is 7.05. The van der Waals surface area contributed by atoms with Crippen molar-refractivity contribution in [1.29, 1.82) is 0 Å². The number of aliphatic hydroxyl groups is 1. The quantitative estimate of drug-likeness (QED) is 0.631. The highest BCUT2D eigenvalue weighted by molar-refractivity contribution is 5.19. The van der Waals surface area contributed by atoms with E-state index in [2.05, 4.69) is 9.97 Å². The summed E-state index contributed by atoms with van der Waals surface area (Å²) in [5.41, 5.74) is 6.21. The van der Waals surface area contributed by atoms with E-state index in [4.69, 9.17) is 10.5 Å². The van der Waals surface area contributed by atoms with Crippen LogP contribution in [0, 0.1) is 0 Å². The summed E-state index contributed by atoms with van der Waals surface area (Å²) in [6.45, 7) is 0.384. The topological polar surface area (TPSA) is 81.3 Å². The van der Waals surface area contributed by atoms with E-state index in [0.29, 0.717) is 13.0 Å². The first-order valence-electron chi connectivity index (χ1n) is 4.13. The number of nitrogen functional groups attached to an aromatic ring is 1. The summed E-state index contributed by atoms with van der Waals surface area (Å²) < 4.78 is 5.32. The molecular formula is C8H11N3O2. The first-order chi connectivity index (χ1) is 6.25. The van der Waals surface area contributed by atoms with Gasteiger partial charge in [0.05, 0.1) is 18.8 Å². The van der Waals surface area contributed by atoms with Gasteiger partial charge in [-0.1, -0.05) is 0 Å². The van der Waals surface area contributed by atoms with E-state index in [1.54, 1.807) is 12.4 Å². The fourth-order valence-electron chi connectivity index (χ4n) is 1.36. The molecule has 0 spiro atoms. The third-order valence-corrected chi connectivity index (χ3v) is 2.04. The molecule has 1 fully saturated rings. The highest BCUT2D eigenvalue weighted by atomic mass is 16.5. The molecule has 2 rings (SSSR count). The molecule has 0 aliphatic carbocycles. The molecule has 1 aromatic heterocycles. The minimum Gasteiger partial charge on any atom is -0.391 e. The maximum atomic E-state index is 9.22. The Morgan fingerprint density at radius 2 is 2.15 bits per heavy atom. The summed E-state index contributed by atoms with van der Waals surface area (Å²) in [7, 11) is 0. The second-order valence-electron chi connectivity index (χ2n) is 3.09. The van der Waals surface area contributed by atoms with Crippen LogP contribution < -0.4 is 5.73 Å². The van der Waals surface area contributed by atoms with E-state index in [9.17, 15) is 5.11 Å². The molecule has 13 heavy (non-hydrogen) atoms. The number of hydrogen-bond donors (Lipinski definition) is 2. The van der Waals surface area contributed by atoms with Crippen LogP contribution in [0.15, 0.2) is 12.4 Å². The molecule has 0 radical (unpaired) electrons. The van der Waals surface area contributed by atoms with Gasteiger partial charge in [-0.15, -0.1) is 0 Å². The molecule has 0 amide bonds. The van der Waals surface area contributed by atoms with E-state index in [0.717, 1.165) is 5.56 Å². The Bertz CT molecular complexity index is 288. The number of anilines is 1. The number of hydrogen-bond acceptors (Lipinski definition) is 5. The van der Waals surface area contributed by atoms with Gasteiger partial charge in [0, 0.05) is 24.4 Å². The number of aliphatic hydroxyl groups excluding tert-OH is 1. The SMILES string of the molecule is Nc1ncc(C2CC(O)CO2)cn1. The number of rotatable bonds is 1. The molecule has 1 aliphatic heterocycles. The molecule has 0 saturated carbocycles. The van der Waals surface area contributed by atoms with Gasteiger partial charge < -0.3 is 15.6 Å². The lowest BCUT2D eigenvalue weighted by molar-refractivity contribution is 0.0885. The van der Waals surface area contributed by atoms with Crippen LogP contribution in [0.25, 0.3) is 0 Å². The lowest BCUT2D eigenvalue weighted by Crippen LogP contribution is -2.03. The van der Waals surface area contributed by atoms with Crippen molar-refractivity contribution in [3.05, 3.63) is 18.0 Å². The molecule has 1 aliphatic rings. The Morgan fingerprint density at radius 3 is 2.69 bits per heavy atom. The predicted molar refractivity (Wildman–Crippen MR) is 45.8 cm³/mol.